The number of aromatic nitrogens is 5. The molecule has 11 rings (SSSR count). The van der Waals surface area contributed by atoms with Crippen LogP contribution in [0.2, 0.25) is 0 Å². The molecule has 0 spiro atoms. The smallest absolute Gasteiger partial charge is 0.656 e. The molecule has 5 nitrogen and oxygen atoms in total. The van der Waals surface area contributed by atoms with Crippen molar-refractivity contribution in [3.8, 4) is 45.1 Å². The second kappa shape index (κ2) is 13.8. The van der Waals surface area contributed by atoms with E-state index in [9.17, 15) is 0 Å². The van der Waals surface area contributed by atoms with Crippen LogP contribution in [0.3, 0.4) is 0 Å². The maximum Gasteiger partial charge on any atom is 2.00 e. The van der Waals surface area contributed by atoms with Gasteiger partial charge in [-0.1, -0.05) is 119 Å². The van der Waals surface area contributed by atoms with Gasteiger partial charge in [-0.05, 0) is 108 Å². The van der Waals surface area contributed by atoms with Crippen molar-refractivity contribution in [1.82, 2.24) is 24.1 Å². The van der Waals surface area contributed by atoms with Gasteiger partial charge in [0.05, 0.1) is 11.0 Å². The summed E-state index contributed by atoms with van der Waals surface area (Å²) in [6.07, 6.45) is 1.83. The Balaban J connectivity index is 0.00000445. The van der Waals surface area contributed by atoms with Crippen LogP contribution in [0.1, 0.15) is 26.4 Å². The molecule has 280 valence electrons. The molecule has 4 aromatic heterocycles. The van der Waals surface area contributed by atoms with E-state index in [1.807, 2.05) is 54.7 Å². The molecule has 0 unspecified atom stereocenters. The third-order valence-corrected chi connectivity index (χ3v) is 11.3. The number of imidazole rings is 1. The average molecular weight is 930 g/mol. The molecule has 0 saturated carbocycles. The van der Waals surface area contributed by atoms with Gasteiger partial charge in [0.1, 0.15) is 11.6 Å². The zero-order chi connectivity index (χ0) is 40.9. The van der Waals surface area contributed by atoms with Crippen molar-refractivity contribution in [3.05, 3.63) is 180 Å². The van der Waals surface area contributed by atoms with Crippen molar-refractivity contribution < 1.29 is 25.2 Å². The maximum atomic E-state index is 8.03. The summed E-state index contributed by atoms with van der Waals surface area (Å²) in [6, 6.07) is 53.2. The SMILES string of the molecule is [2H]C([2H])([2H])c1ccc(-n2c(-c3cccc4c3[n-]c3ccccc34)nc3c(-c4[c-]c5c(cc4)c4cc(-c6c(C)cc(C)cc6C)ccc4n5-c4ccccn4)cccc32)cc1.[Pt+2]. The molecule has 0 fully saturated rings. The second-order valence-electron chi connectivity index (χ2n) is 15.0. The normalized spacial score (nSPS) is 12.6. The van der Waals surface area contributed by atoms with Crippen LogP contribution >= 0.6 is 0 Å². The van der Waals surface area contributed by atoms with Gasteiger partial charge in [0, 0.05) is 27.1 Å². The summed E-state index contributed by atoms with van der Waals surface area (Å²) in [7, 11) is 0. The minimum atomic E-state index is -2.22. The fraction of sp³-hybridized carbons (Fsp3) is 0.0769. The topological polar surface area (TPSA) is 49.7 Å². The number of rotatable bonds is 5. The Bertz CT molecular complexity index is 3480. The van der Waals surface area contributed by atoms with Crippen molar-refractivity contribution in [2.45, 2.75) is 27.6 Å². The number of hydrogen-bond donors (Lipinski definition) is 0. The van der Waals surface area contributed by atoms with Crippen molar-refractivity contribution in [2.75, 3.05) is 0 Å². The van der Waals surface area contributed by atoms with Crippen molar-refractivity contribution >= 4 is 54.6 Å². The molecule has 58 heavy (non-hydrogen) atoms. The number of hydrogen-bond acceptors (Lipinski definition) is 2. The van der Waals surface area contributed by atoms with E-state index in [0.29, 0.717) is 5.82 Å². The minimum absolute atomic E-state index is 0. The van der Waals surface area contributed by atoms with E-state index >= 15 is 0 Å². The van der Waals surface area contributed by atoms with Gasteiger partial charge in [0.15, 0.2) is 0 Å². The van der Waals surface area contributed by atoms with Crippen LogP contribution < -0.4 is 4.98 Å². The molecule has 11 aromatic rings. The molecule has 0 N–H and O–H groups in total. The summed E-state index contributed by atoms with van der Waals surface area (Å²) in [5, 5.41) is 4.35. The number of benzene rings is 7. The van der Waals surface area contributed by atoms with E-state index in [-0.39, 0.29) is 26.6 Å². The largest absolute Gasteiger partial charge is 2.00 e. The summed E-state index contributed by atoms with van der Waals surface area (Å²) in [6.45, 7) is 4.31. The minimum Gasteiger partial charge on any atom is -0.656 e. The number of aryl methyl sites for hydroxylation is 4. The van der Waals surface area contributed by atoms with Gasteiger partial charge in [0.2, 0.25) is 0 Å². The molecule has 0 aliphatic carbocycles. The van der Waals surface area contributed by atoms with E-state index in [4.69, 9.17) is 19.1 Å². The number of nitrogens with zero attached hydrogens (tertiary/aromatic N) is 5. The molecule has 0 aliphatic rings. The Hall–Kier alpha value is -6.55. The molecular formula is C52H37N5Pt. The Kier molecular flexibility index (Phi) is 7.75. The van der Waals surface area contributed by atoms with Crippen molar-refractivity contribution in [1.29, 1.82) is 0 Å². The van der Waals surface area contributed by atoms with Crippen molar-refractivity contribution in [3.63, 3.8) is 0 Å². The summed E-state index contributed by atoms with van der Waals surface area (Å²) in [5.41, 5.74) is 15.4. The van der Waals surface area contributed by atoms with Crippen LogP contribution in [0.5, 0.6) is 0 Å². The first-order valence-corrected chi connectivity index (χ1v) is 19.2. The monoisotopic (exact) mass is 929 g/mol. The van der Waals surface area contributed by atoms with Crippen LogP contribution in [-0.2, 0) is 21.1 Å². The molecule has 0 saturated heterocycles. The molecule has 7 aromatic carbocycles. The molecular weight excluding hydrogens is 890 g/mol. The summed E-state index contributed by atoms with van der Waals surface area (Å²) in [5.74, 6) is 1.53. The van der Waals surface area contributed by atoms with Crippen LogP contribution in [0, 0.1) is 33.7 Å². The summed E-state index contributed by atoms with van der Waals surface area (Å²) in [4.78, 5) is 15.4. The van der Waals surface area contributed by atoms with E-state index in [2.05, 4.69) is 121 Å². The zero-order valence-electron chi connectivity index (χ0n) is 35.0. The zero-order valence-corrected chi connectivity index (χ0v) is 34.3. The van der Waals surface area contributed by atoms with Crippen LogP contribution in [-0.4, -0.2) is 19.1 Å². The predicted octanol–water partition coefficient (Wildman–Crippen LogP) is 12.8. The fourth-order valence-electron chi connectivity index (χ4n) is 8.97. The molecule has 0 atom stereocenters. The Morgan fingerprint density at radius 1 is 0.621 bits per heavy atom. The quantitative estimate of drug-likeness (QED) is 0.162. The first kappa shape index (κ1) is 32.5. The Morgan fingerprint density at radius 2 is 1.40 bits per heavy atom. The predicted molar refractivity (Wildman–Crippen MR) is 236 cm³/mol. The first-order chi connectivity index (χ1) is 29.1. The summed E-state index contributed by atoms with van der Waals surface area (Å²) < 4.78 is 28.4. The van der Waals surface area contributed by atoms with E-state index in [1.54, 1.807) is 12.1 Å². The van der Waals surface area contributed by atoms with Crippen LogP contribution in [0.25, 0.3) is 99.8 Å². The van der Waals surface area contributed by atoms with E-state index in [0.717, 1.165) is 82.8 Å². The number of pyridine rings is 1. The van der Waals surface area contributed by atoms with Gasteiger partial charge in [0.25, 0.3) is 0 Å². The second-order valence-corrected chi connectivity index (χ2v) is 15.0. The van der Waals surface area contributed by atoms with Gasteiger partial charge in [-0.3, -0.25) is 4.57 Å². The molecule has 0 radical (unpaired) electrons. The standard InChI is InChI=1S/C52H37N5.Pt/c1-31-18-22-37(23-19-31)56-46-16-10-12-38(51(46)55-52(56)42-14-9-13-41-39-11-5-6-15-44(39)54-50(41)42)35-20-24-40-43-29-36(49-33(3)27-32(2)28-34(49)4)21-25-45(43)57(47(40)30-35)48-17-7-8-26-53-48;/h5-29H,1-4H3;/q-2;+2/i1D3;. The molecule has 0 aliphatic heterocycles. The third-order valence-electron chi connectivity index (χ3n) is 11.3. The van der Waals surface area contributed by atoms with Crippen LogP contribution in [0.4, 0.5) is 0 Å². The molecule has 0 amide bonds. The van der Waals surface area contributed by atoms with Crippen molar-refractivity contribution in [2.24, 2.45) is 0 Å². The Labute approximate surface area is 355 Å². The van der Waals surface area contributed by atoms with Crippen LogP contribution in [0.15, 0.2) is 152 Å². The average Bonchev–Trinajstić information content (AvgIpc) is 3.93. The van der Waals surface area contributed by atoms with Gasteiger partial charge in [-0.15, -0.1) is 34.8 Å². The van der Waals surface area contributed by atoms with Gasteiger partial charge in [-0.2, -0.15) is 0 Å². The fourth-order valence-corrected chi connectivity index (χ4v) is 8.97. The van der Waals surface area contributed by atoms with Gasteiger partial charge in [-0.25, -0.2) is 9.97 Å². The molecule has 4 heterocycles. The first-order valence-electron chi connectivity index (χ1n) is 20.7. The maximum absolute atomic E-state index is 8.03. The van der Waals surface area contributed by atoms with E-state index in [1.165, 1.54) is 27.8 Å². The number of fused-ring (bicyclic) bond motifs is 7. The van der Waals surface area contributed by atoms with E-state index < -0.39 is 6.85 Å². The summed E-state index contributed by atoms with van der Waals surface area (Å²) >= 11 is 0. The molecule has 6 heteroatoms. The van der Waals surface area contributed by atoms with Gasteiger partial charge >= 0.3 is 21.1 Å². The molecule has 0 bridgehead atoms. The number of para-hydroxylation sites is 3. The Morgan fingerprint density at radius 3 is 2.21 bits per heavy atom. The third kappa shape index (κ3) is 5.56. The van der Waals surface area contributed by atoms with Gasteiger partial charge < -0.3 is 9.55 Å².